The molecule has 28 heavy (non-hydrogen) atoms. The number of carbonyl (C=O) groups excluding carboxylic acids is 1. The molecule has 0 radical (unpaired) electrons. The van der Waals surface area contributed by atoms with E-state index in [1.165, 1.54) is 0 Å². The Bertz CT molecular complexity index is 892. The van der Waals surface area contributed by atoms with Crippen molar-refractivity contribution in [3.05, 3.63) is 84.4 Å². The third kappa shape index (κ3) is 5.36. The number of carbonyl (C=O) groups is 1. The topological polar surface area (TPSA) is 50.4 Å². The van der Waals surface area contributed by atoms with E-state index >= 15 is 0 Å². The maximum Gasteiger partial charge on any atom is 0.262 e. The van der Waals surface area contributed by atoms with Gasteiger partial charge in [0.05, 0.1) is 0 Å². The Balaban J connectivity index is 1.54. The molecule has 2 N–H and O–H groups in total. The van der Waals surface area contributed by atoms with Gasteiger partial charge in [-0.1, -0.05) is 50.2 Å². The second kappa shape index (κ2) is 9.60. The molecule has 4 nitrogen and oxygen atoms in total. The van der Waals surface area contributed by atoms with E-state index in [2.05, 4.69) is 30.5 Å². The molecule has 1 atom stereocenters. The molecule has 0 saturated heterocycles. The van der Waals surface area contributed by atoms with Gasteiger partial charge < -0.3 is 15.4 Å². The molecule has 0 aliphatic heterocycles. The van der Waals surface area contributed by atoms with Crippen molar-refractivity contribution in [2.45, 2.75) is 26.2 Å². The number of hydrogen-bond donors (Lipinski definition) is 2. The second-order valence-electron chi connectivity index (χ2n) is 6.75. The van der Waals surface area contributed by atoms with Gasteiger partial charge in [0.2, 0.25) is 0 Å². The van der Waals surface area contributed by atoms with Crippen LogP contribution < -0.4 is 15.4 Å². The van der Waals surface area contributed by atoms with Crippen LogP contribution in [0, 0.1) is 0 Å². The number of rotatable bonds is 8. The molecule has 0 aliphatic rings. The third-order valence-electron chi connectivity index (χ3n) is 4.65. The first-order valence-electron chi connectivity index (χ1n) is 9.59. The minimum absolute atomic E-state index is 0.0164. The van der Waals surface area contributed by atoms with Crippen LogP contribution in [0.4, 0.5) is 17.1 Å². The molecule has 1 amide bonds. The molecule has 0 aromatic heterocycles. The molecule has 0 spiro atoms. The van der Waals surface area contributed by atoms with Crippen LogP contribution in [-0.4, -0.2) is 12.5 Å². The molecule has 0 heterocycles. The lowest BCUT2D eigenvalue weighted by atomic mass is 9.98. The highest BCUT2D eigenvalue weighted by molar-refractivity contribution is 5.92. The van der Waals surface area contributed by atoms with Gasteiger partial charge in [-0.2, -0.15) is 0 Å². The predicted octanol–water partition coefficient (Wildman–Crippen LogP) is 5.96. The van der Waals surface area contributed by atoms with Crippen molar-refractivity contribution < 1.29 is 9.53 Å². The van der Waals surface area contributed by atoms with E-state index in [1.54, 1.807) is 0 Å². The first-order valence-corrected chi connectivity index (χ1v) is 9.59. The zero-order valence-corrected chi connectivity index (χ0v) is 16.3. The molecule has 0 aliphatic carbocycles. The fourth-order valence-corrected chi connectivity index (χ4v) is 2.90. The maximum absolute atomic E-state index is 12.3. The van der Waals surface area contributed by atoms with Gasteiger partial charge in [-0.3, -0.25) is 4.79 Å². The van der Waals surface area contributed by atoms with Crippen molar-refractivity contribution in [1.29, 1.82) is 0 Å². The summed E-state index contributed by atoms with van der Waals surface area (Å²) >= 11 is 0. The van der Waals surface area contributed by atoms with Crippen LogP contribution in [0.3, 0.4) is 0 Å². The van der Waals surface area contributed by atoms with Crippen LogP contribution in [-0.2, 0) is 4.79 Å². The van der Waals surface area contributed by atoms with Crippen LogP contribution >= 0.6 is 0 Å². The van der Waals surface area contributed by atoms with Gasteiger partial charge in [0.15, 0.2) is 6.61 Å². The Hall–Kier alpha value is -3.27. The van der Waals surface area contributed by atoms with Crippen LogP contribution in [0.2, 0.25) is 0 Å². The SMILES string of the molecule is CC[C@@H](C)c1ccccc1OCC(=O)Nc1ccc(Nc2ccccc2)cc1. The highest BCUT2D eigenvalue weighted by atomic mass is 16.5. The summed E-state index contributed by atoms with van der Waals surface area (Å²) in [6.07, 6.45) is 1.02. The van der Waals surface area contributed by atoms with E-state index in [1.807, 2.05) is 72.8 Å². The van der Waals surface area contributed by atoms with Crippen molar-refractivity contribution in [2.24, 2.45) is 0 Å². The molecule has 3 aromatic carbocycles. The number of anilines is 3. The minimum Gasteiger partial charge on any atom is -0.483 e. The van der Waals surface area contributed by atoms with Crippen molar-refractivity contribution >= 4 is 23.0 Å². The van der Waals surface area contributed by atoms with Gasteiger partial charge >= 0.3 is 0 Å². The number of para-hydroxylation sites is 2. The normalized spacial score (nSPS) is 11.5. The molecule has 4 heteroatoms. The fourth-order valence-electron chi connectivity index (χ4n) is 2.90. The van der Waals surface area contributed by atoms with Crippen LogP contribution in [0.15, 0.2) is 78.9 Å². The zero-order valence-electron chi connectivity index (χ0n) is 16.3. The molecule has 144 valence electrons. The Morgan fingerprint density at radius 1 is 0.857 bits per heavy atom. The number of nitrogens with one attached hydrogen (secondary N) is 2. The van der Waals surface area contributed by atoms with E-state index in [9.17, 15) is 4.79 Å². The highest BCUT2D eigenvalue weighted by Crippen LogP contribution is 2.28. The van der Waals surface area contributed by atoms with Gasteiger partial charge in [0.25, 0.3) is 5.91 Å². The fraction of sp³-hybridized carbons (Fsp3) is 0.208. The molecule has 0 saturated carbocycles. The molecule has 3 aromatic rings. The van der Waals surface area contributed by atoms with E-state index in [0.717, 1.165) is 34.8 Å². The number of hydrogen-bond acceptors (Lipinski definition) is 3. The summed E-state index contributed by atoms with van der Waals surface area (Å²) in [5.74, 6) is 0.987. The average Bonchev–Trinajstić information content (AvgIpc) is 2.74. The Kier molecular flexibility index (Phi) is 6.68. The highest BCUT2D eigenvalue weighted by Gasteiger charge is 2.11. The smallest absolute Gasteiger partial charge is 0.262 e. The lowest BCUT2D eigenvalue weighted by Gasteiger charge is -2.15. The first-order chi connectivity index (χ1) is 13.7. The molecule has 3 rings (SSSR count). The van der Waals surface area contributed by atoms with Crippen LogP contribution in [0.5, 0.6) is 5.75 Å². The van der Waals surface area contributed by atoms with Crippen LogP contribution in [0.25, 0.3) is 0 Å². The van der Waals surface area contributed by atoms with Crippen molar-refractivity contribution in [3.8, 4) is 5.75 Å². The molecule has 0 bridgehead atoms. The van der Waals surface area contributed by atoms with E-state index in [-0.39, 0.29) is 12.5 Å². The van der Waals surface area contributed by atoms with E-state index in [0.29, 0.717) is 5.92 Å². The Labute approximate surface area is 166 Å². The third-order valence-corrected chi connectivity index (χ3v) is 4.65. The van der Waals surface area contributed by atoms with E-state index in [4.69, 9.17) is 4.74 Å². The lowest BCUT2D eigenvalue weighted by Crippen LogP contribution is -2.20. The number of benzene rings is 3. The molecule has 0 unspecified atom stereocenters. The lowest BCUT2D eigenvalue weighted by molar-refractivity contribution is -0.118. The van der Waals surface area contributed by atoms with Gasteiger partial charge in [-0.05, 0) is 60.4 Å². The largest absolute Gasteiger partial charge is 0.483 e. The Morgan fingerprint density at radius 2 is 1.46 bits per heavy atom. The first kappa shape index (κ1) is 19.5. The predicted molar refractivity (Wildman–Crippen MR) is 115 cm³/mol. The summed E-state index contributed by atoms with van der Waals surface area (Å²) in [5.41, 5.74) is 3.85. The molecular weight excluding hydrogens is 348 g/mol. The summed E-state index contributed by atoms with van der Waals surface area (Å²) in [5, 5.41) is 6.19. The average molecular weight is 374 g/mol. The maximum atomic E-state index is 12.3. The van der Waals surface area contributed by atoms with Crippen LogP contribution in [0.1, 0.15) is 31.7 Å². The van der Waals surface area contributed by atoms with Crippen molar-refractivity contribution in [1.82, 2.24) is 0 Å². The summed E-state index contributed by atoms with van der Waals surface area (Å²) in [7, 11) is 0. The second-order valence-corrected chi connectivity index (χ2v) is 6.75. The monoisotopic (exact) mass is 374 g/mol. The van der Waals surface area contributed by atoms with E-state index < -0.39 is 0 Å². The quantitative estimate of drug-likeness (QED) is 0.511. The zero-order chi connectivity index (χ0) is 19.8. The summed E-state index contributed by atoms with van der Waals surface area (Å²) in [6.45, 7) is 4.29. The summed E-state index contributed by atoms with van der Waals surface area (Å²) in [4.78, 5) is 12.3. The van der Waals surface area contributed by atoms with Crippen molar-refractivity contribution in [3.63, 3.8) is 0 Å². The minimum atomic E-state index is -0.178. The summed E-state index contributed by atoms with van der Waals surface area (Å²) in [6, 6.07) is 25.5. The number of ether oxygens (including phenoxy) is 1. The standard InChI is InChI=1S/C24H26N2O2/c1-3-18(2)22-11-7-8-12-23(22)28-17-24(27)26-21-15-13-20(14-16-21)25-19-9-5-4-6-10-19/h4-16,18,25H,3,17H2,1-2H3,(H,26,27)/t18-/m1/s1. The Morgan fingerprint density at radius 3 is 2.18 bits per heavy atom. The van der Waals surface area contributed by atoms with Gasteiger partial charge in [0.1, 0.15) is 5.75 Å². The number of amides is 1. The van der Waals surface area contributed by atoms with Crippen molar-refractivity contribution in [2.75, 3.05) is 17.2 Å². The van der Waals surface area contributed by atoms with Gasteiger partial charge in [-0.25, -0.2) is 0 Å². The molecule has 0 fully saturated rings. The van der Waals surface area contributed by atoms with Gasteiger partial charge in [-0.15, -0.1) is 0 Å². The molecular formula is C24H26N2O2. The van der Waals surface area contributed by atoms with Gasteiger partial charge in [0, 0.05) is 17.1 Å². The summed E-state index contributed by atoms with van der Waals surface area (Å²) < 4.78 is 5.77.